The van der Waals surface area contributed by atoms with E-state index in [1.54, 1.807) is 12.3 Å². The first kappa shape index (κ1) is 17.3. The zero-order valence-corrected chi connectivity index (χ0v) is 14.1. The average Bonchev–Trinajstić information content (AvgIpc) is 2.61. The second kappa shape index (κ2) is 6.78. The van der Waals surface area contributed by atoms with Crippen molar-refractivity contribution in [3.8, 4) is 0 Å². The van der Waals surface area contributed by atoms with Crippen LogP contribution in [0.5, 0.6) is 0 Å². The molecule has 0 N–H and O–H groups in total. The molecule has 1 fully saturated rings. The number of halogens is 3. The first-order valence-electron chi connectivity index (χ1n) is 8.14. The van der Waals surface area contributed by atoms with Gasteiger partial charge in [0.25, 0.3) is 0 Å². The SMILES string of the molecule is C=C(c1cc(C)ccn1)N1CCN(c2cccc(C(F)(F)F)c2)CC1. The van der Waals surface area contributed by atoms with Crippen molar-refractivity contribution in [2.75, 3.05) is 31.1 Å². The number of alkyl halides is 3. The number of pyridine rings is 1. The highest BCUT2D eigenvalue weighted by atomic mass is 19.4. The second-order valence-corrected chi connectivity index (χ2v) is 6.19. The maximum absolute atomic E-state index is 12.9. The van der Waals surface area contributed by atoms with Gasteiger partial charge in [0.2, 0.25) is 0 Å². The molecule has 3 nitrogen and oxygen atoms in total. The number of rotatable bonds is 3. The molecule has 25 heavy (non-hydrogen) atoms. The molecule has 2 heterocycles. The molecule has 0 amide bonds. The lowest BCUT2D eigenvalue weighted by molar-refractivity contribution is -0.137. The summed E-state index contributed by atoms with van der Waals surface area (Å²) < 4.78 is 38.6. The van der Waals surface area contributed by atoms with Gasteiger partial charge in [-0.15, -0.1) is 0 Å². The maximum atomic E-state index is 12.9. The van der Waals surface area contributed by atoms with E-state index in [9.17, 15) is 13.2 Å². The first-order chi connectivity index (χ1) is 11.8. The minimum absolute atomic E-state index is 0.605. The van der Waals surface area contributed by atoms with Gasteiger partial charge in [0.05, 0.1) is 17.0 Å². The summed E-state index contributed by atoms with van der Waals surface area (Å²) in [6.45, 7) is 8.82. The van der Waals surface area contributed by atoms with E-state index in [1.165, 1.54) is 12.1 Å². The lowest BCUT2D eigenvalue weighted by atomic mass is 10.1. The maximum Gasteiger partial charge on any atom is 0.416 e. The number of piperazine rings is 1. The highest BCUT2D eigenvalue weighted by Crippen LogP contribution is 2.32. The van der Waals surface area contributed by atoms with Crippen molar-refractivity contribution in [1.82, 2.24) is 9.88 Å². The molecular formula is C19H20F3N3. The molecule has 132 valence electrons. The van der Waals surface area contributed by atoms with Crippen molar-refractivity contribution in [3.63, 3.8) is 0 Å². The van der Waals surface area contributed by atoms with Crippen LogP contribution in [0.4, 0.5) is 18.9 Å². The van der Waals surface area contributed by atoms with Gasteiger partial charge in [-0.3, -0.25) is 4.98 Å². The fourth-order valence-corrected chi connectivity index (χ4v) is 2.97. The summed E-state index contributed by atoms with van der Waals surface area (Å²) in [6, 6.07) is 9.42. The fourth-order valence-electron chi connectivity index (χ4n) is 2.97. The van der Waals surface area contributed by atoms with Gasteiger partial charge in [0, 0.05) is 38.1 Å². The molecule has 2 aromatic rings. The van der Waals surface area contributed by atoms with Crippen molar-refractivity contribution in [1.29, 1.82) is 0 Å². The predicted molar refractivity (Wildman–Crippen MR) is 93.2 cm³/mol. The Hall–Kier alpha value is -2.50. The van der Waals surface area contributed by atoms with Gasteiger partial charge in [-0.25, -0.2) is 0 Å². The van der Waals surface area contributed by atoms with Crippen LogP contribution >= 0.6 is 0 Å². The van der Waals surface area contributed by atoms with Crippen LogP contribution in [-0.4, -0.2) is 36.1 Å². The van der Waals surface area contributed by atoms with Gasteiger partial charge in [-0.1, -0.05) is 12.6 Å². The van der Waals surface area contributed by atoms with E-state index in [1.807, 2.05) is 24.0 Å². The van der Waals surface area contributed by atoms with Crippen LogP contribution in [0.1, 0.15) is 16.8 Å². The van der Waals surface area contributed by atoms with E-state index in [2.05, 4.69) is 16.5 Å². The molecular weight excluding hydrogens is 327 g/mol. The van der Waals surface area contributed by atoms with Gasteiger partial charge >= 0.3 is 6.18 Å². The summed E-state index contributed by atoms with van der Waals surface area (Å²) in [5.74, 6) is 0. The van der Waals surface area contributed by atoms with Crippen molar-refractivity contribution in [2.24, 2.45) is 0 Å². The van der Waals surface area contributed by atoms with Crippen LogP contribution in [0.3, 0.4) is 0 Å². The zero-order valence-electron chi connectivity index (χ0n) is 14.1. The topological polar surface area (TPSA) is 19.4 Å². The van der Waals surface area contributed by atoms with Crippen LogP contribution in [0.25, 0.3) is 5.70 Å². The average molecular weight is 347 g/mol. The summed E-state index contributed by atoms with van der Waals surface area (Å²) in [5.41, 5.74) is 2.81. The number of hydrogen-bond donors (Lipinski definition) is 0. The molecule has 0 unspecified atom stereocenters. The van der Waals surface area contributed by atoms with Gasteiger partial charge in [0.15, 0.2) is 0 Å². The summed E-state index contributed by atoms with van der Waals surface area (Å²) in [7, 11) is 0. The van der Waals surface area contributed by atoms with Gasteiger partial charge < -0.3 is 9.80 Å². The molecule has 3 rings (SSSR count). The lowest BCUT2D eigenvalue weighted by Crippen LogP contribution is -2.45. The molecule has 1 aliphatic heterocycles. The molecule has 1 saturated heterocycles. The Bertz CT molecular complexity index is 763. The van der Waals surface area contributed by atoms with Crippen LogP contribution in [-0.2, 0) is 6.18 Å². The Kier molecular flexibility index (Phi) is 4.70. The quantitative estimate of drug-likeness (QED) is 0.829. The number of anilines is 1. The summed E-state index contributed by atoms with van der Waals surface area (Å²) in [6.07, 6.45) is -2.56. The summed E-state index contributed by atoms with van der Waals surface area (Å²) in [4.78, 5) is 8.46. The number of nitrogens with zero attached hydrogens (tertiary/aromatic N) is 3. The van der Waals surface area contributed by atoms with Crippen LogP contribution in [0, 0.1) is 6.92 Å². The predicted octanol–water partition coefficient (Wildman–Crippen LogP) is 4.20. The minimum Gasteiger partial charge on any atom is -0.368 e. The molecule has 0 aliphatic carbocycles. The van der Waals surface area contributed by atoms with Crippen molar-refractivity contribution >= 4 is 11.4 Å². The Morgan fingerprint density at radius 1 is 1.08 bits per heavy atom. The van der Waals surface area contributed by atoms with Crippen molar-refractivity contribution in [3.05, 3.63) is 66.0 Å². The molecule has 0 saturated carbocycles. The second-order valence-electron chi connectivity index (χ2n) is 6.19. The van der Waals surface area contributed by atoms with Gasteiger partial charge in [0.1, 0.15) is 0 Å². The number of aryl methyl sites for hydroxylation is 1. The molecule has 1 aromatic carbocycles. The number of hydrogen-bond acceptors (Lipinski definition) is 3. The summed E-state index contributed by atoms with van der Waals surface area (Å²) >= 11 is 0. The Labute approximate surface area is 145 Å². The molecule has 0 radical (unpaired) electrons. The van der Waals surface area contributed by atoms with Crippen LogP contribution < -0.4 is 4.90 Å². The largest absolute Gasteiger partial charge is 0.416 e. The Balaban J connectivity index is 1.67. The van der Waals surface area contributed by atoms with Crippen LogP contribution in [0.15, 0.2) is 49.2 Å². The van der Waals surface area contributed by atoms with E-state index >= 15 is 0 Å². The van der Waals surface area contributed by atoms with Gasteiger partial charge in [-0.2, -0.15) is 13.2 Å². The number of benzene rings is 1. The minimum atomic E-state index is -4.32. The smallest absolute Gasteiger partial charge is 0.368 e. The molecule has 0 bridgehead atoms. The lowest BCUT2D eigenvalue weighted by Gasteiger charge is -2.38. The van der Waals surface area contributed by atoms with E-state index in [4.69, 9.17) is 0 Å². The van der Waals surface area contributed by atoms with Gasteiger partial charge in [-0.05, 0) is 42.8 Å². The zero-order chi connectivity index (χ0) is 18.0. The third-order valence-corrected chi connectivity index (χ3v) is 4.41. The third kappa shape index (κ3) is 3.95. The Morgan fingerprint density at radius 2 is 1.80 bits per heavy atom. The van der Waals surface area contributed by atoms with Crippen molar-refractivity contribution < 1.29 is 13.2 Å². The van der Waals surface area contributed by atoms with E-state index in [0.29, 0.717) is 31.9 Å². The molecule has 0 atom stereocenters. The standard InChI is InChI=1S/C19H20F3N3/c1-14-6-7-23-18(12-14)15(2)24-8-10-25(11-9-24)17-5-3-4-16(13-17)19(20,21)22/h3-7,12-13H,2,8-11H2,1H3. The molecule has 1 aromatic heterocycles. The fraction of sp³-hybridized carbons (Fsp3) is 0.316. The van der Waals surface area contributed by atoms with E-state index < -0.39 is 11.7 Å². The monoisotopic (exact) mass is 347 g/mol. The highest BCUT2D eigenvalue weighted by molar-refractivity contribution is 5.59. The molecule has 6 heteroatoms. The first-order valence-corrected chi connectivity index (χ1v) is 8.14. The Morgan fingerprint density at radius 3 is 2.44 bits per heavy atom. The normalized spacial score (nSPS) is 15.4. The van der Waals surface area contributed by atoms with E-state index in [-0.39, 0.29) is 0 Å². The number of aromatic nitrogens is 1. The van der Waals surface area contributed by atoms with Crippen LogP contribution in [0.2, 0.25) is 0 Å². The van der Waals surface area contributed by atoms with Crippen molar-refractivity contribution in [2.45, 2.75) is 13.1 Å². The third-order valence-electron chi connectivity index (χ3n) is 4.41. The molecule has 0 spiro atoms. The molecule has 1 aliphatic rings. The highest BCUT2D eigenvalue weighted by Gasteiger charge is 2.31. The summed E-state index contributed by atoms with van der Waals surface area (Å²) in [5, 5.41) is 0. The van der Waals surface area contributed by atoms with E-state index in [0.717, 1.165) is 23.0 Å².